The van der Waals surface area contributed by atoms with Crippen LogP contribution < -0.4 is 0 Å². The van der Waals surface area contributed by atoms with E-state index in [4.69, 9.17) is 0 Å². The number of ether oxygens (including phenoxy) is 1. The first-order valence-corrected chi connectivity index (χ1v) is 5.80. The number of carbonyl (C=O) groups is 3. The number of methoxy groups -OCH3 is 1. The van der Waals surface area contributed by atoms with Gasteiger partial charge in [-0.2, -0.15) is 0 Å². The molecule has 1 fully saturated rings. The zero-order chi connectivity index (χ0) is 13.1. The van der Waals surface area contributed by atoms with Crippen molar-refractivity contribution >= 4 is 17.8 Å². The summed E-state index contributed by atoms with van der Waals surface area (Å²) in [6.07, 6.45) is 2.23. The summed E-state index contributed by atoms with van der Waals surface area (Å²) >= 11 is 0. The quantitative estimate of drug-likeness (QED) is 0.548. The number of carbonyl (C=O) groups excluding carboxylic acids is 3. The van der Waals surface area contributed by atoms with Gasteiger partial charge in [0.15, 0.2) is 0 Å². The lowest BCUT2D eigenvalue weighted by Gasteiger charge is -2.28. The van der Waals surface area contributed by atoms with Gasteiger partial charge in [0.25, 0.3) is 0 Å². The summed E-state index contributed by atoms with van der Waals surface area (Å²) in [5.41, 5.74) is -0.857. The van der Waals surface area contributed by atoms with Crippen LogP contribution in [0.2, 0.25) is 0 Å². The molecule has 5 heteroatoms. The first-order valence-electron chi connectivity index (χ1n) is 5.80. The predicted molar refractivity (Wildman–Crippen MR) is 61.0 cm³/mol. The van der Waals surface area contributed by atoms with Crippen LogP contribution >= 0.6 is 0 Å². The van der Waals surface area contributed by atoms with Gasteiger partial charge in [0, 0.05) is 19.4 Å². The molecule has 0 unspecified atom stereocenters. The molecule has 1 aliphatic rings. The van der Waals surface area contributed by atoms with Gasteiger partial charge >= 0.3 is 5.97 Å². The zero-order valence-electron chi connectivity index (χ0n) is 10.6. The Hall–Kier alpha value is -1.39. The minimum atomic E-state index is -0.857. The van der Waals surface area contributed by atoms with Gasteiger partial charge in [-0.05, 0) is 26.7 Å². The van der Waals surface area contributed by atoms with Crippen molar-refractivity contribution in [3.8, 4) is 0 Å². The van der Waals surface area contributed by atoms with Crippen LogP contribution in [-0.2, 0) is 19.1 Å². The van der Waals surface area contributed by atoms with Crippen molar-refractivity contribution < 1.29 is 19.1 Å². The molecule has 0 saturated carbocycles. The first-order chi connectivity index (χ1) is 7.88. The number of imide groups is 1. The van der Waals surface area contributed by atoms with Gasteiger partial charge in [-0.3, -0.25) is 19.3 Å². The van der Waals surface area contributed by atoms with Crippen LogP contribution in [0, 0.1) is 5.41 Å². The third kappa shape index (κ3) is 3.28. The molecule has 96 valence electrons. The van der Waals surface area contributed by atoms with Crippen LogP contribution in [-0.4, -0.2) is 36.3 Å². The summed E-state index contributed by atoms with van der Waals surface area (Å²) in [4.78, 5) is 36.3. The first kappa shape index (κ1) is 13.7. The summed E-state index contributed by atoms with van der Waals surface area (Å²) in [5, 5.41) is 0. The minimum absolute atomic E-state index is 0.0946. The number of hydrogen-bond donors (Lipinski definition) is 0. The maximum Gasteiger partial charge on any atom is 0.313 e. The van der Waals surface area contributed by atoms with Crippen molar-refractivity contribution in [1.29, 1.82) is 0 Å². The topological polar surface area (TPSA) is 63.7 Å². The lowest BCUT2D eigenvalue weighted by molar-refractivity contribution is -0.155. The highest BCUT2D eigenvalue weighted by Crippen LogP contribution is 2.22. The van der Waals surface area contributed by atoms with Gasteiger partial charge in [-0.25, -0.2) is 0 Å². The predicted octanol–water partition coefficient (Wildman–Crippen LogP) is 1.11. The molecule has 0 atom stereocenters. The maximum atomic E-state index is 11.8. The van der Waals surface area contributed by atoms with Gasteiger partial charge in [0.1, 0.15) is 0 Å². The van der Waals surface area contributed by atoms with E-state index in [1.165, 1.54) is 12.0 Å². The minimum Gasteiger partial charge on any atom is -0.469 e. The molecule has 0 N–H and O–H groups in total. The highest BCUT2D eigenvalue weighted by atomic mass is 16.5. The Morgan fingerprint density at radius 3 is 2.12 bits per heavy atom. The molecule has 2 amide bonds. The van der Waals surface area contributed by atoms with Crippen LogP contribution in [0.1, 0.15) is 39.5 Å². The number of esters is 1. The molecule has 0 bridgehead atoms. The Balaban J connectivity index is 2.80. The SMILES string of the molecule is COC(=O)C(C)(C)CN1C(=O)CCCCC1=O. The Morgan fingerprint density at radius 2 is 1.71 bits per heavy atom. The Kier molecular flexibility index (Phi) is 4.26. The second-order valence-electron chi connectivity index (χ2n) is 4.96. The average molecular weight is 241 g/mol. The number of nitrogens with zero attached hydrogens (tertiary/aromatic N) is 1. The maximum absolute atomic E-state index is 11.8. The molecule has 0 aromatic rings. The molecule has 1 heterocycles. The van der Waals surface area contributed by atoms with Gasteiger partial charge < -0.3 is 4.74 Å². The summed E-state index contributed by atoms with van der Waals surface area (Å²) in [5.74, 6) is -0.795. The summed E-state index contributed by atoms with van der Waals surface area (Å²) in [6.45, 7) is 3.44. The molecular weight excluding hydrogens is 222 g/mol. The van der Waals surface area contributed by atoms with Crippen LogP contribution in [0.4, 0.5) is 0 Å². The average Bonchev–Trinajstić information content (AvgIpc) is 2.42. The molecule has 1 saturated heterocycles. The normalized spacial score (nSPS) is 17.9. The largest absolute Gasteiger partial charge is 0.469 e. The fourth-order valence-corrected chi connectivity index (χ4v) is 1.87. The van der Waals surface area contributed by atoms with Crippen molar-refractivity contribution in [2.24, 2.45) is 5.41 Å². The van der Waals surface area contributed by atoms with Crippen molar-refractivity contribution in [2.75, 3.05) is 13.7 Å². The monoisotopic (exact) mass is 241 g/mol. The van der Waals surface area contributed by atoms with E-state index in [9.17, 15) is 14.4 Å². The van der Waals surface area contributed by atoms with E-state index < -0.39 is 11.4 Å². The summed E-state index contributed by atoms with van der Waals surface area (Å²) in [6, 6.07) is 0. The molecular formula is C12H19NO4. The van der Waals surface area contributed by atoms with E-state index in [1.54, 1.807) is 13.8 Å². The van der Waals surface area contributed by atoms with Crippen LogP contribution in [0.3, 0.4) is 0 Å². The van der Waals surface area contributed by atoms with Crippen LogP contribution in [0.5, 0.6) is 0 Å². The number of rotatable bonds is 3. The smallest absolute Gasteiger partial charge is 0.313 e. The number of amides is 2. The van der Waals surface area contributed by atoms with Crippen LogP contribution in [0.25, 0.3) is 0 Å². The highest BCUT2D eigenvalue weighted by Gasteiger charge is 2.35. The second-order valence-corrected chi connectivity index (χ2v) is 4.96. The third-order valence-corrected chi connectivity index (χ3v) is 2.92. The summed E-state index contributed by atoms with van der Waals surface area (Å²) < 4.78 is 4.67. The molecule has 1 rings (SSSR count). The van der Waals surface area contributed by atoms with Crippen LogP contribution in [0.15, 0.2) is 0 Å². The third-order valence-electron chi connectivity index (χ3n) is 2.92. The molecule has 0 radical (unpaired) electrons. The van der Waals surface area contributed by atoms with Crippen molar-refractivity contribution in [1.82, 2.24) is 4.90 Å². The van der Waals surface area contributed by atoms with E-state index in [2.05, 4.69) is 4.74 Å². The zero-order valence-corrected chi connectivity index (χ0v) is 10.6. The summed E-state index contributed by atoms with van der Waals surface area (Å²) in [7, 11) is 1.30. The molecule has 0 aromatic heterocycles. The van der Waals surface area contributed by atoms with Crippen molar-refractivity contribution in [3.05, 3.63) is 0 Å². The fraction of sp³-hybridized carbons (Fsp3) is 0.750. The Morgan fingerprint density at radius 1 is 1.24 bits per heavy atom. The van der Waals surface area contributed by atoms with Gasteiger partial charge in [0.2, 0.25) is 11.8 Å². The van der Waals surface area contributed by atoms with Gasteiger partial charge in [0.05, 0.1) is 12.5 Å². The van der Waals surface area contributed by atoms with E-state index >= 15 is 0 Å². The van der Waals surface area contributed by atoms with E-state index in [-0.39, 0.29) is 18.4 Å². The van der Waals surface area contributed by atoms with E-state index in [0.29, 0.717) is 12.8 Å². The second kappa shape index (κ2) is 5.29. The van der Waals surface area contributed by atoms with E-state index in [1.807, 2.05) is 0 Å². The lowest BCUT2D eigenvalue weighted by atomic mass is 9.92. The van der Waals surface area contributed by atoms with Crippen molar-refractivity contribution in [3.63, 3.8) is 0 Å². The lowest BCUT2D eigenvalue weighted by Crippen LogP contribution is -2.45. The Bertz CT molecular complexity index is 317. The molecule has 17 heavy (non-hydrogen) atoms. The number of hydrogen-bond acceptors (Lipinski definition) is 4. The Labute approximate surface area is 101 Å². The molecule has 0 aliphatic carbocycles. The van der Waals surface area contributed by atoms with Crippen molar-refractivity contribution in [2.45, 2.75) is 39.5 Å². The molecule has 0 spiro atoms. The highest BCUT2D eigenvalue weighted by molar-refractivity contribution is 5.96. The number of likely N-dealkylation sites (tertiary alicyclic amines) is 1. The van der Waals surface area contributed by atoms with Gasteiger partial charge in [-0.15, -0.1) is 0 Å². The van der Waals surface area contributed by atoms with Gasteiger partial charge in [-0.1, -0.05) is 0 Å². The fourth-order valence-electron chi connectivity index (χ4n) is 1.87. The van der Waals surface area contributed by atoms with E-state index in [0.717, 1.165) is 12.8 Å². The molecule has 0 aromatic carbocycles. The molecule has 5 nitrogen and oxygen atoms in total. The molecule has 1 aliphatic heterocycles. The standard InChI is InChI=1S/C12H19NO4/c1-12(2,11(16)17-3)8-13-9(14)6-4-5-7-10(13)15/h4-8H2,1-3H3.